The third kappa shape index (κ3) is 4.03. The summed E-state index contributed by atoms with van der Waals surface area (Å²) >= 11 is 1.29. The molecule has 5 N–H and O–H groups in total. The zero-order valence-corrected chi connectivity index (χ0v) is 12.7. The number of hydrogen-bond acceptors (Lipinski definition) is 5. The van der Waals surface area contributed by atoms with Crippen LogP contribution in [0.1, 0.15) is 15.2 Å². The Balaban J connectivity index is 1.89. The summed E-state index contributed by atoms with van der Waals surface area (Å²) in [4.78, 5) is 12.4. The molecule has 8 heteroatoms. The van der Waals surface area contributed by atoms with Crippen molar-refractivity contribution in [2.75, 3.05) is 12.3 Å². The summed E-state index contributed by atoms with van der Waals surface area (Å²) in [6.07, 6.45) is 0.585. The van der Waals surface area contributed by atoms with E-state index in [0.717, 1.165) is 5.56 Å². The van der Waals surface area contributed by atoms with Gasteiger partial charge in [0.25, 0.3) is 5.91 Å². The molecule has 6 nitrogen and oxygen atoms in total. The van der Waals surface area contributed by atoms with Crippen LogP contribution < -0.4 is 16.2 Å². The first-order chi connectivity index (χ1) is 9.88. The van der Waals surface area contributed by atoms with Gasteiger partial charge in [-0.25, -0.2) is 13.6 Å². The molecule has 0 saturated carbocycles. The molecular formula is C13H15N3O3S2. The Labute approximate surface area is 126 Å². The first-order valence-electron chi connectivity index (χ1n) is 6.11. The van der Waals surface area contributed by atoms with Gasteiger partial charge in [-0.15, -0.1) is 11.3 Å². The van der Waals surface area contributed by atoms with Gasteiger partial charge in [-0.1, -0.05) is 12.1 Å². The van der Waals surface area contributed by atoms with E-state index in [1.165, 1.54) is 23.5 Å². The maximum Gasteiger partial charge on any atom is 0.263 e. The zero-order chi connectivity index (χ0) is 15.5. The second-order valence-electron chi connectivity index (χ2n) is 4.40. The quantitative estimate of drug-likeness (QED) is 0.759. The van der Waals surface area contributed by atoms with Crippen molar-refractivity contribution >= 4 is 33.0 Å². The van der Waals surface area contributed by atoms with Gasteiger partial charge in [-0.05, 0) is 35.6 Å². The number of benzene rings is 1. The summed E-state index contributed by atoms with van der Waals surface area (Å²) in [5, 5.41) is 9.55. The highest BCUT2D eigenvalue weighted by Crippen LogP contribution is 2.18. The molecule has 0 saturated heterocycles. The molecule has 0 aliphatic heterocycles. The molecule has 1 aromatic heterocycles. The molecular weight excluding hydrogens is 310 g/mol. The number of nitrogens with two attached hydrogens (primary N) is 2. The summed E-state index contributed by atoms with van der Waals surface area (Å²) in [6.45, 7) is 0.435. The molecule has 0 atom stereocenters. The molecule has 0 aliphatic carbocycles. The number of amides is 1. The molecule has 0 fully saturated rings. The van der Waals surface area contributed by atoms with Crippen molar-refractivity contribution in [3.8, 4) is 0 Å². The Bertz CT molecular complexity index is 736. The number of thiophene rings is 1. The van der Waals surface area contributed by atoms with E-state index < -0.39 is 10.0 Å². The highest BCUT2D eigenvalue weighted by molar-refractivity contribution is 7.89. The topological polar surface area (TPSA) is 115 Å². The van der Waals surface area contributed by atoms with E-state index in [1.807, 2.05) is 0 Å². The van der Waals surface area contributed by atoms with Gasteiger partial charge in [-0.3, -0.25) is 4.79 Å². The molecule has 0 unspecified atom stereocenters. The van der Waals surface area contributed by atoms with E-state index >= 15 is 0 Å². The number of rotatable bonds is 5. The van der Waals surface area contributed by atoms with Crippen LogP contribution in [0, 0.1) is 0 Å². The normalized spacial score (nSPS) is 11.3. The predicted molar refractivity (Wildman–Crippen MR) is 82.6 cm³/mol. The van der Waals surface area contributed by atoms with Gasteiger partial charge < -0.3 is 11.1 Å². The minimum Gasteiger partial charge on any atom is -0.397 e. The van der Waals surface area contributed by atoms with Crippen molar-refractivity contribution in [2.45, 2.75) is 11.3 Å². The molecule has 112 valence electrons. The third-order valence-corrected chi connectivity index (χ3v) is 4.71. The molecule has 0 radical (unpaired) electrons. The fourth-order valence-corrected chi connectivity index (χ4v) is 3.00. The first-order valence-corrected chi connectivity index (χ1v) is 8.53. The summed E-state index contributed by atoms with van der Waals surface area (Å²) in [6, 6.07) is 7.93. The molecule has 1 amide bonds. The largest absolute Gasteiger partial charge is 0.397 e. The monoisotopic (exact) mass is 325 g/mol. The number of anilines is 1. The smallest absolute Gasteiger partial charge is 0.263 e. The standard InChI is InChI=1S/C13H15N3O3S2/c14-11-6-8-20-12(11)13(17)16-7-5-9-1-3-10(4-2-9)21(15,18)19/h1-4,6,8H,5,7,14H2,(H,16,17)(H2,15,18,19). The van der Waals surface area contributed by atoms with Crippen LogP contribution in [0.2, 0.25) is 0 Å². The Kier molecular flexibility index (Phi) is 4.61. The SMILES string of the molecule is Nc1ccsc1C(=O)NCCc1ccc(S(N)(=O)=O)cc1. The summed E-state index contributed by atoms with van der Waals surface area (Å²) in [5.74, 6) is -0.205. The number of nitrogens with one attached hydrogen (secondary N) is 1. The minimum absolute atomic E-state index is 0.0710. The van der Waals surface area contributed by atoms with Gasteiger partial charge in [0.15, 0.2) is 0 Å². The van der Waals surface area contributed by atoms with Crippen LogP contribution in [0.3, 0.4) is 0 Å². The fourth-order valence-electron chi connectivity index (χ4n) is 1.75. The van der Waals surface area contributed by atoms with E-state index in [2.05, 4.69) is 5.32 Å². The molecule has 1 heterocycles. The number of primary sulfonamides is 1. The first kappa shape index (κ1) is 15.5. The van der Waals surface area contributed by atoms with Crippen LogP contribution in [-0.4, -0.2) is 20.9 Å². The lowest BCUT2D eigenvalue weighted by atomic mass is 10.1. The van der Waals surface area contributed by atoms with Crippen LogP contribution in [0.25, 0.3) is 0 Å². The van der Waals surface area contributed by atoms with Gasteiger partial charge in [-0.2, -0.15) is 0 Å². The average Bonchev–Trinajstić information content (AvgIpc) is 2.84. The Morgan fingerprint density at radius 2 is 1.86 bits per heavy atom. The number of hydrogen-bond donors (Lipinski definition) is 3. The van der Waals surface area contributed by atoms with E-state index in [0.29, 0.717) is 23.5 Å². The number of carbonyl (C=O) groups excluding carboxylic acids is 1. The third-order valence-electron chi connectivity index (χ3n) is 2.85. The van der Waals surface area contributed by atoms with E-state index in [4.69, 9.17) is 10.9 Å². The van der Waals surface area contributed by atoms with E-state index in [9.17, 15) is 13.2 Å². The van der Waals surface area contributed by atoms with Gasteiger partial charge >= 0.3 is 0 Å². The maximum atomic E-state index is 11.8. The predicted octanol–water partition coefficient (Wildman–Crippen LogP) is 0.950. The number of nitrogen functional groups attached to an aromatic ring is 1. The number of carbonyl (C=O) groups is 1. The average molecular weight is 325 g/mol. The van der Waals surface area contributed by atoms with Gasteiger partial charge in [0.2, 0.25) is 10.0 Å². The molecule has 0 bridgehead atoms. The molecule has 21 heavy (non-hydrogen) atoms. The summed E-state index contributed by atoms with van der Waals surface area (Å²) < 4.78 is 22.2. The van der Waals surface area contributed by atoms with Crippen LogP contribution in [0.5, 0.6) is 0 Å². The molecule has 2 rings (SSSR count). The van der Waals surface area contributed by atoms with E-state index in [1.54, 1.807) is 23.6 Å². The van der Waals surface area contributed by atoms with Crippen molar-refractivity contribution in [2.24, 2.45) is 5.14 Å². The lowest BCUT2D eigenvalue weighted by molar-refractivity contribution is 0.0959. The van der Waals surface area contributed by atoms with Crippen molar-refractivity contribution < 1.29 is 13.2 Å². The number of sulfonamides is 1. The van der Waals surface area contributed by atoms with Gasteiger partial charge in [0.05, 0.1) is 10.6 Å². The Morgan fingerprint density at radius 3 is 2.38 bits per heavy atom. The Morgan fingerprint density at radius 1 is 1.19 bits per heavy atom. The molecule has 2 aromatic rings. The maximum absolute atomic E-state index is 11.8. The fraction of sp³-hybridized carbons (Fsp3) is 0.154. The lowest BCUT2D eigenvalue weighted by Gasteiger charge is -2.05. The lowest BCUT2D eigenvalue weighted by Crippen LogP contribution is -2.25. The minimum atomic E-state index is -3.67. The van der Waals surface area contributed by atoms with Crippen molar-refractivity contribution in [3.63, 3.8) is 0 Å². The van der Waals surface area contributed by atoms with Crippen LogP contribution in [0.15, 0.2) is 40.6 Å². The van der Waals surface area contributed by atoms with Crippen molar-refractivity contribution in [1.82, 2.24) is 5.32 Å². The molecule has 0 aliphatic rings. The summed E-state index contributed by atoms with van der Waals surface area (Å²) in [7, 11) is -3.67. The molecule has 1 aromatic carbocycles. The Hall–Kier alpha value is -1.90. The highest BCUT2D eigenvalue weighted by atomic mass is 32.2. The van der Waals surface area contributed by atoms with Crippen molar-refractivity contribution in [3.05, 3.63) is 46.2 Å². The van der Waals surface area contributed by atoms with Crippen molar-refractivity contribution in [1.29, 1.82) is 0 Å². The van der Waals surface area contributed by atoms with Crippen LogP contribution in [-0.2, 0) is 16.4 Å². The van der Waals surface area contributed by atoms with Gasteiger partial charge in [0, 0.05) is 6.54 Å². The van der Waals surface area contributed by atoms with E-state index in [-0.39, 0.29) is 10.8 Å². The second-order valence-corrected chi connectivity index (χ2v) is 6.88. The van der Waals surface area contributed by atoms with Gasteiger partial charge in [0.1, 0.15) is 4.88 Å². The molecule has 0 spiro atoms. The highest BCUT2D eigenvalue weighted by Gasteiger charge is 2.10. The zero-order valence-electron chi connectivity index (χ0n) is 11.1. The van der Waals surface area contributed by atoms with Crippen LogP contribution in [0.4, 0.5) is 5.69 Å². The summed E-state index contributed by atoms with van der Waals surface area (Å²) in [5.41, 5.74) is 7.03. The second kappa shape index (κ2) is 6.25. The van der Waals surface area contributed by atoms with Crippen LogP contribution >= 0.6 is 11.3 Å².